The Bertz CT molecular complexity index is 1360. The Balaban J connectivity index is 1.89. The second-order valence-electron chi connectivity index (χ2n) is 6.39. The van der Waals surface area contributed by atoms with Crippen LogP contribution in [0.4, 0.5) is 9.39 Å². The highest BCUT2D eigenvalue weighted by atomic mass is 32.1. The predicted octanol–water partition coefficient (Wildman–Crippen LogP) is 3.31. The third-order valence-corrected chi connectivity index (χ3v) is 5.18. The number of ether oxygens (including phenoxy) is 1. The first-order valence-corrected chi connectivity index (χ1v) is 9.99. The lowest BCUT2D eigenvalue weighted by Crippen LogP contribution is -2.25. The summed E-state index contributed by atoms with van der Waals surface area (Å²) >= 11 is 1.05. The van der Waals surface area contributed by atoms with Gasteiger partial charge in [0.25, 0.3) is 11.5 Å². The maximum absolute atomic E-state index is 13.3. The third kappa shape index (κ3) is 3.82. The maximum Gasteiger partial charge on any atom is 0.359 e. The fourth-order valence-electron chi connectivity index (χ4n) is 2.89. The Morgan fingerprint density at radius 2 is 2.03 bits per heavy atom. The number of fused-ring (bicyclic) bond motifs is 1. The Hall–Kier alpha value is -3.86. The molecule has 31 heavy (non-hydrogen) atoms. The van der Waals surface area contributed by atoms with E-state index in [1.54, 1.807) is 13.8 Å². The van der Waals surface area contributed by atoms with Crippen LogP contribution < -0.4 is 10.9 Å². The van der Waals surface area contributed by atoms with Crippen LogP contribution in [0.25, 0.3) is 16.5 Å². The molecule has 1 amide bonds. The number of hydrogen-bond donors (Lipinski definition) is 1. The summed E-state index contributed by atoms with van der Waals surface area (Å²) in [5.74, 6) is -1.35. The van der Waals surface area contributed by atoms with Gasteiger partial charge in [-0.1, -0.05) is 5.16 Å². The number of benzene rings is 1. The lowest BCUT2D eigenvalue weighted by Gasteiger charge is -2.09. The zero-order valence-corrected chi connectivity index (χ0v) is 17.2. The number of anilines is 1. The van der Waals surface area contributed by atoms with E-state index in [0.29, 0.717) is 5.76 Å². The largest absolute Gasteiger partial charge is 0.461 e. The number of rotatable bonds is 5. The summed E-state index contributed by atoms with van der Waals surface area (Å²) in [6.45, 7) is 3.39. The van der Waals surface area contributed by atoms with E-state index in [9.17, 15) is 18.8 Å². The summed E-state index contributed by atoms with van der Waals surface area (Å²) < 4.78 is 24.3. The summed E-state index contributed by atoms with van der Waals surface area (Å²) in [4.78, 5) is 38.2. The molecule has 0 aliphatic heterocycles. The summed E-state index contributed by atoms with van der Waals surface area (Å²) in [5.41, 5.74) is -0.413. The molecule has 3 aromatic heterocycles. The first-order valence-electron chi connectivity index (χ1n) is 9.11. The van der Waals surface area contributed by atoms with Crippen molar-refractivity contribution in [1.82, 2.24) is 14.9 Å². The van der Waals surface area contributed by atoms with E-state index >= 15 is 0 Å². The first kappa shape index (κ1) is 20.4. The molecular weight excluding hydrogens is 427 g/mol. The van der Waals surface area contributed by atoms with Crippen LogP contribution in [0, 0.1) is 12.7 Å². The third-order valence-electron chi connectivity index (χ3n) is 4.28. The van der Waals surface area contributed by atoms with Gasteiger partial charge in [-0.05, 0) is 38.1 Å². The van der Waals surface area contributed by atoms with Gasteiger partial charge in [0.15, 0.2) is 11.4 Å². The molecule has 0 aliphatic rings. The molecule has 4 aromatic rings. The number of esters is 1. The Morgan fingerprint density at radius 1 is 1.29 bits per heavy atom. The number of nitrogens with one attached hydrogen (secondary N) is 1. The SMILES string of the molecule is CCOC(=O)c1nn(-c2ccc(F)cc2)c(=O)c2c(NC(=O)c3cc(C)on3)scc12. The molecule has 0 saturated carbocycles. The van der Waals surface area contributed by atoms with Crippen molar-refractivity contribution in [3.05, 3.63) is 69.0 Å². The molecule has 158 valence electrons. The molecule has 11 heteroatoms. The van der Waals surface area contributed by atoms with Crippen LogP contribution in [0.5, 0.6) is 0 Å². The van der Waals surface area contributed by atoms with Gasteiger partial charge in [-0.2, -0.15) is 9.78 Å². The monoisotopic (exact) mass is 442 g/mol. The molecule has 1 aromatic carbocycles. The molecule has 0 radical (unpaired) electrons. The average Bonchev–Trinajstić information content (AvgIpc) is 3.36. The lowest BCUT2D eigenvalue weighted by atomic mass is 10.2. The van der Waals surface area contributed by atoms with Crippen molar-refractivity contribution in [1.29, 1.82) is 0 Å². The van der Waals surface area contributed by atoms with Gasteiger partial charge < -0.3 is 14.6 Å². The standard InChI is InChI=1S/C20H15FN4O5S/c1-3-29-20(28)16-13-9-31-18(22-17(26)14-8-10(2)30-24-14)15(13)19(27)25(23-16)12-6-4-11(21)5-7-12/h4-9H,3H2,1-2H3,(H,22,26). The molecule has 0 aliphatic carbocycles. The van der Waals surface area contributed by atoms with Gasteiger partial charge in [-0.3, -0.25) is 9.59 Å². The van der Waals surface area contributed by atoms with E-state index < -0.39 is 23.3 Å². The molecule has 0 saturated heterocycles. The molecule has 1 N–H and O–H groups in total. The Kier molecular flexibility index (Phi) is 5.34. The zero-order chi connectivity index (χ0) is 22.1. The molecule has 3 heterocycles. The topological polar surface area (TPSA) is 116 Å². The van der Waals surface area contributed by atoms with Crippen molar-refractivity contribution >= 4 is 39.0 Å². The predicted molar refractivity (Wildman–Crippen MR) is 110 cm³/mol. The normalized spacial score (nSPS) is 10.9. The summed E-state index contributed by atoms with van der Waals surface area (Å²) in [6, 6.07) is 6.50. The highest BCUT2D eigenvalue weighted by Crippen LogP contribution is 2.31. The Morgan fingerprint density at radius 3 is 2.68 bits per heavy atom. The fraction of sp³-hybridized carbons (Fsp3) is 0.150. The number of thiophene rings is 1. The van der Waals surface area contributed by atoms with Gasteiger partial charge in [0.05, 0.1) is 17.7 Å². The van der Waals surface area contributed by atoms with Crippen molar-refractivity contribution in [3.8, 4) is 5.69 Å². The van der Waals surface area contributed by atoms with Crippen LogP contribution in [0.15, 0.2) is 45.0 Å². The lowest BCUT2D eigenvalue weighted by molar-refractivity contribution is 0.0520. The van der Waals surface area contributed by atoms with Gasteiger partial charge in [-0.15, -0.1) is 11.3 Å². The molecule has 0 atom stereocenters. The van der Waals surface area contributed by atoms with E-state index in [1.807, 2.05) is 0 Å². The molecule has 0 fully saturated rings. The summed E-state index contributed by atoms with van der Waals surface area (Å²) in [5, 5.41) is 12.5. The first-order chi connectivity index (χ1) is 14.9. The molecule has 4 rings (SSSR count). The minimum atomic E-state index is -0.730. The average molecular weight is 442 g/mol. The summed E-state index contributed by atoms with van der Waals surface area (Å²) in [6.07, 6.45) is 0. The van der Waals surface area contributed by atoms with Crippen molar-refractivity contribution < 1.29 is 23.2 Å². The quantitative estimate of drug-likeness (QED) is 0.471. The molecule has 0 spiro atoms. The highest BCUT2D eigenvalue weighted by molar-refractivity contribution is 7.16. The van der Waals surface area contributed by atoms with E-state index in [0.717, 1.165) is 16.0 Å². The number of nitrogens with zero attached hydrogens (tertiary/aromatic N) is 3. The fourth-order valence-corrected chi connectivity index (χ4v) is 3.82. The van der Waals surface area contributed by atoms with E-state index in [2.05, 4.69) is 15.6 Å². The van der Waals surface area contributed by atoms with Gasteiger partial charge in [-0.25, -0.2) is 9.18 Å². The number of amides is 1. The van der Waals surface area contributed by atoms with E-state index in [4.69, 9.17) is 9.26 Å². The van der Waals surface area contributed by atoms with Crippen LogP contribution in [0.1, 0.15) is 33.7 Å². The van der Waals surface area contributed by atoms with Crippen molar-refractivity contribution in [3.63, 3.8) is 0 Å². The molecule has 0 unspecified atom stereocenters. The second kappa shape index (κ2) is 8.11. The van der Waals surface area contributed by atoms with Gasteiger partial charge in [0.1, 0.15) is 16.6 Å². The number of hydrogen-bond acceptors (Lipinski definition) is 8. The number of aryl methyl sites for hydroxylation is 1. The van der Waals surface area contributed by atoms with E-state index in [1.165, 1.54) is 35.7 Å². The number of aromatic nitrogens is 3. The van der Waals surface area contributed by atoms with Gasteiger partial charge >= 0.3 is 5.97 Å². The molecular formula is C20H15FN4O5S. The van der Waals surface area contributed by atoms with Crippen LogP contribution >= 0.6 is 11.3 Å². The smallest absolute Gasteiger partial charge is 0.359 e. The van der Waals surface area contributed by atoms with Crippen LogP contribution in [0.3, 0.4) is 0 Å². The molecule has 0 bridgehead atoms. The number of carbonyl (C=O) groups is 2. The van der Waals surface area contributed by atoms with E-state index in [-0.39, 0.29) is 39.5 Å². The highest BCUT2D eigenvalue weighted by Gasteiger charge is 2.24. The van der Waals surface area contributed by atoms with Crippen LogP contribution in [-0.2, 0) is 4.74 Å². The minimum absolute atomic E-state index is 0.0394. The van der Waals surface area contributed by atoms with Gasteiger partial charge in [0.2, 0.25) is 0 Å². The van der Waals surface area contributed by atoms with Gasteiger partial charge in [0, 0.05) is 16.8 Å². The van der Waals surface area contributed by atoms with Crippen LogP contribution in [-0.4, -0.2) is 33.4 Å². The van der Waals surface area contributed by atoms with Crippen molar-refractivity contribution in [2.45, 2.75) is 13.8 Å². The zero-order valence-electron chi connectivity index (χ0n) is 16.3. The van der Waals surface area contributed by atoms with Crippen LogP contribution in [0.2, 0.25) is 0 Å². The summed E-state index contributed by atoms with van der Waals surface area (Å²) in [7, 11) is 0. The number of carbonyl (C=O) groups excluding carboxylic acids is 2. The minimum Gasteiger partial charge on any atom is -0.461 e. The Labute approximate surface area is 178 Å². The number of halogens is 1. The van der Waals surface area contributed by atoms with Crippen molar-refractivity contribution in [2.75, 3.05) is 11.9 Å². The maximum atomic E-state index is 13.3. The molecule has 9 nitrogen and oxygen atoms in total. The second-order valence-corrected chi connectivity index (χ2v) is 7.27. The van der Waals surface area contributed by atoms with Crippen molar-refractivity contribution in [2.24, 2.45) is 0 Å².